The number of aliphatic imine (C=N–C) groups is 1. The number of nitriles is 2. The van der Waals surface area contributed by atoms with Gasteiger partial charge in [-0.25, -0.2) is 0 Å². The molecule has 1 saturated heterocycles. The van der Waals surface area contributed by atoms with Crippen molar-refractivity contribution in [3.05, 3.63) is 22.3 Å². The van der Waals surface area contributed by atoms with Crippen LogP contribution in [-0.4, -0.2) is 30.1 Å². The zero-order valence-electron chi connectivity index (χ0n) is 10.1. The van der Waals surface area contributed by atoms with Crippen LogP contribution < -0.4 is 16.0 Å². The molecule has 0 amide bonds. The first-order valence-corrected chi connectivity index (χ1v) is 7.54. The molecule has 0 unspecified atom stereocenters. The molecule has 19 heavy (non-hydrogen) atoms. The van der Waals surface area contributed by atoms with Crippen LogP contribution >= 0.6 is 23.5 Å². The molecule has 0 radical (unpaired) electrons. The highest BCUT2D eigenvalue weighted by Gasteiger charge is 2.14. The van der Waals surface area contributed by atoms with E-state index in [2.05, 4.69) is 33.1 Å². The highest BCUT2D eigenvalue weighted by molar-refractivity contribution is 8.14. The lowest BCUT2D eigenvalue weighted by Crippen LogP contribution is -2.33. The second-order valence-corrected chi connectivity index (χ2v) is 5.53. The third-order valence-electron chi connectivity index (χ3n) is 2.34. The van der Waals surface area contributed by atoms with E-state index < -0.39 is 0 Å². The molecule has 2 rings (SSSR count). The molecule has 2 aliphatic rings. The van der Waals surface area contributed by atoms with Crippen LogP contribution in [0, 0.1) is 22.7 Å². The van der Waals surface area contributed by atoms with E-state index in [0.717, 1.165) is 16.8 Å². The topological polar surface area (TPSA) is 96.0 Å². The lowest BCUT2D eigenvalue weighted by Gasteiger charge is -2.18. The molecule has 2 heterocycles. The first-order chi connectivity index (χ1) is 9.35. The predicted octanol–water partition coefficient (Wildman–Crippen LogP) is 0.662. The maximum Gasteiger partial charge on any atom is 0.111 e. The van der Waals surface area contributed by atoms with Gasteiger partial charge in [-0.3, -0.25) is 15.6 Å². The summed E-state index contributed by atoms with van der Waals surface area (Å²) in [5.41, 5.74) is 0.918. The van der Waals surface area contributed by atoms with Crippen molar-refractivity contribution in [3.63, 3.8) is 0 Å². The van der Waals surface area contributed by atoms with Gasteiger partial charge in [0.05, 0.1) is 29.5 Å². The van der Waals surface area contributed by atoms with Crippen LogP contribution in [0.1, 0.15) is 0 Å². The monoisotopic (exact) mass is 292 g/mol. The Balaban J connectivity index is 2.27. The van der Waals surface area contributed by atoms with Crippen LogP contribution in [-0.2, 0) is 0 Å². The molecular formula is C11H12N6S2. The van der Waals surface area contributed by atoms with Gasteiger partial charge in [-0.05, 0) is 6.08 Å². The number of thioether (sulfide) groups is 2. The summed E-state index contributed by atoms with van der Waals surface area (Å²) in [4.78, 5) is 4.24. The number of allylic oxidation sites excluding steroid dienone is 2. The quantitative estimate of drug-likeness (QED) is 0.643. The fourth-order valence-corrected chi connectivity index (χ4v) is 3.01. The van der Waals surface area contributed by atoms with E-state index in [1.165, 1.54) is 23.5 Å². The molecule has 0 atom stereocenters. The van der Waals surface area contributed by atoms with Gasteiger partial charge in [-0.2, -0.15) is 10.5 Å². The number of rotatable bonds is 2. The molecule has 0 aromatic rings. The zero-order chi connectivity index (χ0) is 13.5. The predicted molar refractivity (Wildman–Crippen MR) is 77.8 cm³/mol. The van der Waals surface area contributed by atoms with Crippen molar-refractivity contribution in [1.82, 2.24) is 16.0 Å². The standard InChI is InChI=1S/C11H12N6S2/c12-2-8(10-16-4-14-6-18-10)1-9(3-13)11-17-5-15-7-19-11/h1,14-16H,4-7H2. The molecule has 2 aliphatic heterocycles. The van der Waals surface area contributed by atoms with Crippen molar-refractivity contribution >= 4 is 28.6 Å². The number of nitrogens with one attached hydrogen (secondary N) is 3. The molecule has 0 aromatic heterocycles. The molecule has 0 aliphatic carbocycles. The third kappa shape index (κ3) is 3.75. The first kappa shape index (κ1) is 14.0. The van der Waals surface area contributed by atoms with Gasteiger partial charge in [0.25, 0.3) is 0 Å². The van der Waals surface area contributed by atoms with E-state index >= 15 is 0 Å². The number of nitrogens with zero attached hydrogens (tertiary/aromatic N) is 3. The molecule has 3 N–H and O–H groups in total. The van der Waals surface area contributed by atoms with Gasteiger partial charge in [-0.15, -0.1) is 0 Å². The van der Waals surface area contributed by atoms with Gasteiger partial charge in [0.2, 0.25) is 0 Å². The molecule has 0 bridgehead atoms. The average Bonchev–Trinajstić information content (AvgIpc) is 2.50. The fourth-order valence-electron chi connectivity index (χ4n) is 1.48. The molecule has 0 aromatic carbocycles. The summed E-state index contributed by atoms with van der Waals surface area (Å²) in [5.74, 6) is 1.48. The maximum absolute atomic E-state index is 9.23. The molecular weight excluding hydrogens is 280 g/mol. The van der Waals surface area contributed by atoms with Crippen LogP contribution in [0.15, 0.2) is 27.2 Å². The van der Waals surface area contributed by atoms with E-state index in [4.69, 9.17) is 0 Å². The minimum Gasteiger partial charge on any atom is -0.366 e. The summed E-state index contributed by atoms with van der Waals surface area (Å²) >= 11 is 2.99. The fraction of sp³-hybridized carbons (Fsp3) is 0.364. The second kappa shape index (κ2) is 7.22. The number of hydrogen-bond donors (Lipinski definition) is 3. The zero-order valence-corrected chi connectivity index (χ0v) is 11.7. The SMILES string of the molecule is N#CC(=CC(C#N)=C1NCNCS1)C1=NCNCS1. The Labute approximate surface area is 120 Å². The van der Waals surface area contributed by atoms with Crippen LogP contribution in [0.25, 0.3) is 0 Å². The van der Waals surface area contributed by atoms with Gasteiger partial charge >= 0.3 is 0 Å². The van der Waals surface area contributed by atoms with Crippen molar-refractivity contribution in [2.45, 2.75) is 0 Å². The van der Waals surface area contributed by atoms with Gasteiger partial charge in [0.15, 0.2) is 0 Å². The highest BCUT2D eigenvalue weighted by atomic mass is 32.2. The summed E-state index contributed by atoms with van der Waals surface area (Å²) in [6, 6.07) is 4.26. The lowest BCUT2D eigenvalue weighted by atomic mass is 10.2. The van der Waals surface area contributed by atoms with Crippen molar-refractivity contribution in [3.8, 4) is 12.1 Å². The van der Waals surface area contributed by atoms with E-state index in [0.29, 0.717) is 29.5 Å². The minimum atomic E-state index is 0.441. The van der Waals surface area contributed by atoms with E-state index in [1.807, 2.05) is 0 Å². The third-order valence-corrected chi connectivity index (χ3v) is 4.31. The van der Waals surface area contributed by atoms with Crippen molar-refractivity contribution in [2.75, 3.05) is 25.1 Å². The van der Waals surface area contributed by atoms with E-state index in [9.17, 15) is 10.5 Å². The lowest BCUT2D eigenvalue weighted by molar-refractivity contribution is 0.697. The van der Waals surface area contributed by atoms with Crippen LogP contribution in [0.4, 0.5) is 0 Å². The van der Waals surface area contributed by atoms with Gasteiger partial charge in [0.1, 0.15) is 17.2 Å². The maximum atomic E-state index is 9.23. The summed E-state index contributed by atoms with van der Waals surface area (Å²) in [5, 5.41) is 29.2. The average molecular weight is 292 g/mol. The largest absolute Gasteiger partial charge is 0.366 e. The molecule has 0 saturated carbocycles. The van der Waals surface area contributed by atoms with Crippen molar-refractivity contribution in [2.24, 2.45) is 4.99 Å². The molecule has 98 valence electrons. The highest BCUT2D eigenvalue weighted by Crippen LogP contribution is 2.22. The Morgan fingerprint density at radius 2 is 2.05 bits per heavy atom. The number of hydrogen-bond acceptors (Lipinski definition) is 8. The molecule has 8 heteroatoms. The summed E-state index contributed by atoms with van der Waals surface area (Å²) in [6.45, 7) is 1.14. The van der Waals surface area contributed by atoms with Gasteiger partial charge in [0, 0.05) is 11.8 Å². The Morgan fingerprint density at radius 3 is 2.63 bits per heavy atom. The summed E-state index contributed by atoms with van der Waals surface area (Å²) in [6.07, 6.45) is 1.61. The van der Waals surface area contributed by atoms with Crippen molar-refractivity contribution in [1.29, 1.82) is 10.5 Å². The Kier molecular flexibility index (Phi) is 5.31. The summed E-state index contributed by atoms with van der Waals surface area (Å²) in [7, 11) is 0. The minimum absolute atomic E-state index is 0.441. The first-order valence-electron chi connectivity index (χ1n) is 5.57. The summed E-state index contributed by atoms with van der Waals surface area (Å²) < 4.78 is 0. The molecule has 6 nitrogen and oxygen atoms in total. The normalized spacial score (nSPS) is 22.6. The Hall–Kier alpha value is -1.45. The van der Waals surface area contributed by atoms with Crippen molar-refractivity contribution < 1.29 is 0 Å². The Bertz CT molecular complexity index is 514. The van der Waals surface area contributed by atoms with Crippen LogP contribution in [0.3, 0.4) is 0 Å². The molecule has 0 spiro atoms. The van der Waals surface area contributed by atoms with E-state index in [1.54, 1.807) is 6.08 Å². The van der Waals surface area contributed by atoms with Gasteiger partial charge in [-0.1, -0.05) is 23.5 Å². The van der Waals surface area contributed by atoms with Crippen LogP contribution in [0.5, 0.6) is 0 Å². The van der Waals surface area contributed by atoms with E-state index in [-0.39, 0.29) is 0 Å². The second-order valence-electron chi connectivity index (χ2n) is 3.58. The van der Waals surface area contributed by atoms with Crippen LogP contribution in [0.2, 0.25) is 0 Å². The molecule has 1 fully saturated rings. The Morgan fingerprint density at radius 1 is 1.21 bits per heavy atom. The van der Waals surface area contributed by atoms with Gasteiger partial charge < -0.3 is 5.32 Å². The smallest absolute Gasteiger partial charge is 0.111 e.